The van der Waals surface area contributed by atoms with Gasteiger partial charge in [-0.2, -0.15) is 0 Å². The maximum atomic E-state index is 5.53. The van der Waals surface area contributed by atoms with Crippen molar-refractivity contribution < 1.29 is 4.74 Å². The monoisotopic (exact) mass is 274 g/mol. The fourth-order valence-electron chi connectivity index (χ4n) is 3.23. The number of hydrogen-bond acceptors (Lipinski definition) is 1. The third-order valence-corrected chi connectivity index (χ3v) is 4.22. The maximum Gasteiger partial charge on any atom is 0.0996 e. The van der Waals surface area contributed by atoms with E-state index < -0.39 is 0 Å². The Morgan fingerprint density at radius 3 is 2.60 bits per heavy atom. The average molecular weight is 274 g/mol. The molecule has 1 heteroatoms. The molecule has 1 unspecified atom stereocenters. The minimum absolute atomic E-state index is 0.114. The number of methoxy groups -OCH3 is 1. The fourth-order valence-corrected chi connectivity index (χ4v) is 3.23. The number of ether oxygens (including phenoxy) is 1. The topological polar surface area (TPSA) is 9.23 Å². The summed E-state index contributed by atoms with van der Waals surface area (Å²) in [5.41, 5.74) is 3.02. The number of rotatable bonds is 5. The van der Waals surface area contributed by atoms with E-state index in [0.717, 1.165) is 12.2 Å². The van der Waals surface area contributed by atoms with Crippen LogP contribution in [-0.4, -0.2) is 7.11 Å². The highest BCUT2D eigenvalue weighted by Crippen LogP contribution is 2.46. The third-order valence-electron chi connectivity index (χ3n) is 4.22. The first kappa shape index (κ1) is 16.8. The van der Waals surface area contributed by atoms with Crippen molar-refractivity contribution in [3.63, 3.8) is 0 Å². The molecule has 0 fully saturated rings. The van der Waals surface area contributed by atoms with Gasteiger partial charge in [-0.3, -0.25) is 0 Å². The summed E-state index contributed by atoms with van der Waals surface area (Å²) in [6.45, 7) is 11.3. The van der Waals surface area contributed by atoms with Gasteiger partial charge in [-0.05, 0) is 30.9 Å². The molecule has 0 aliphatic heterocycles. The molecule has 0 aromatic heterocycles. The van der Waals surface area contributed by atoms with E-state index in [4.69, 9.17) is 4.74 Å². The lowest BCUT2D eigenvalue weighted by Crippen LogP contribution is -2.24. The Balaban J connectivity index is 3.41. The van der Waals surface area contributed by atoms with Gasteiger partial charge in [0, 0.05) is 11.8 Å². The molecule has 0 saturated heterocycles. The van der Waals surface area contributed by atoms with Gasteiger partial charge in [0.15, 0.2) is 0 Å². The molecule has 0 spiro atoms. The Kier molecular flexibility index (Phi) is 6.32. The molecule has 1 aliphatic carbocycles. The SMILES string of the molecule is C/C=C\C=C1\C=C(OC)CC=C(C(C)C)C1(C)CCC. The first-order valence-electron chi connectivity index (χ1n) is 7.78. The minimum Gasteiger partial charge on any atom is -0.501 e. The molecule has 1 rings (SSSR count). The van der Waals surface area contributed by atoms with Crippen molar-refractivity contribution in [3.05, 3.63) is 47.3 Å². The zero-order valence-electron chi connectivity index (χ0n) is 14.0. The lowest BCUT2D eigenvalue weighted by molar-refractivity contribution is 0.284. The van der Waals surface area contributed by atoms with Gasteiger partial charge in [0.2, 0.25) is 0 Å². The summed E-state index contributed by atoms with van der Waals surface area (Å²) < 4.78 is 5.53. The third kappa shape index (κ3) is 3.65. The second kappa shape index (κ2) is 7.52. The Labute approximate surface area is 125 Å². The highest BCUT2D eigenvalue weighted by atomic mass is 16.5. The van der Waals surface area contributed by atoms with Crippen LogP contribution in [0.25, 0.3) is 0 Å². The molecule has 1 nitrogen and oxygen atoms in total. The molecule has 0 aromatic rings. The summed E-state index contributed by atoms with van der Waals surface area (Å²) in [5.74, 6) is 1.61. The predicted molar refractivity (Wildman–Crippen MR) is 88.5 cm³/mol. The first-order valence-corrected chi connectivity index (χ1v) is 7.78. The Bertz CT molecular complexity index is 435. The summed E-state index contributed by atoms with van der Waals surface area (Å²) >= 11 is 0. The summed E-state index contributed by atoms with van der Waals surface area (Å²) in [7, 11) is 1.77. The van der Waals surface area contributed by atoms with Crippen molar-refractivity contribution >= 4 is 0 Å². The van der Waals surface area contributed by atoms with Gasteiger partial charge in [-0.1, -0.05) is 64.0 Å². The second-order valence-corrected chi connectivity index (χ2v) is 6.06. The van der Waals surface area contributed by atoms with Crippen LogP contribution in [0.2, 0.25) is 0 Å². The Hall–Kier alpha value is -1.24. The molecule has 0 saturated carbocycles. The molecule has 1 aliphatic rings. The number of allylic oxidation sites excluding steroid dienone is 7. The highest BCUT2D eigenvalue weighted by molar-refractivity contribution is 5.42. The van der Waals surface area contributed by atoms with Gasteiger partial charge in [-0.15, -0.1) is 0 Å². The lowest BCUT2D eigenvalue weighted by Gasteiger charge is -2.35. The van der Waals surface area contributed by atoms with Crippen LogP contribution in [0.3, 0.4) is 0 Å². The van der Waals surface area contributed by atoms with Crippen LogP contribution in [0.4, 0.5) is 0 Å². The van der Waals surface area contributed by atoms with Gasteiger partial charge in [0.1, 0.15) is 0 Å². The van der Waals surface area contributed by atoms with Gasteiger partial charge in [0.05, 0.1) is 12.9 Å². The normalized spacial score (nSPS) is 25.9. The standard InChI is InChI=1S/C19H30O/c1-7-9-10-16-14-17(20-6)11-12-18(15(3)4)19(16,5)13-8-2/h7,9-10,12,14-15H,8,11,13H2,1-6H3/b9-7-,16-10-. The minimum atomic E-state index is 0.114. The predicted octanol–water partition coefficient (Wildman–Crippen LogP) is 5.81. The van der Waals surface area contributed by atoms with Crippen LogP contribution < -0.4 is 0 Å². The van der Waals surface area contributed by atoms with E-state index >= 15 is 0 Å². The highest BCUT2D eigenvalue weighted by Gasteiger charge is 2.34. The summed E-state index contributed by atoms with van der Waals surface area (Å²) in [5, 5.41) is 0. The Morgan fingerprint density at radius 2 is 2.10 bits per heavy atom. The van der Waals surface area contributed by atoms with Crippen molar-refractivity contribution in [3.8, 4) is 0 Å². The molecule has 0 N–H and O–H groups in total. The Morgan fingerprint density at radius 1 is 1.40 bits per heavy atom. The van der Waals surface area contributed by atoms with Crippen LogP contribution in [0, 0.1) is 11.3 Å². The molecule has 0 amide bonds. The fraction of sp³-hybridized carbons (Fsp3) is 0.579. The molecule has 0 radical (unpaired) electrons. The van der Waals surface area contributed by atoms with Crippen molar-refractivity contribution in [2.24, 2.45) is 11.3 Å². The molecule has 20 heavy (non-hydrogen) atoms. The molecule has 1 atom stereocenters. The van der Waals surface area contributed by atoms with E-state index in [9.17, 15) is 0 Å². The van der Waals surface area contributed by atoms with E-state index in [1.807, 2.05) is 0 Å². The molecular weight excluding hydrogens is 244 g/mol. The molecule has 0 bridgehead atoms. The quantitative estimate of drug-likeness (QED) is 0.575. The van der Waals surface area contributed by atoms with Crippen LogP contribution in [0.1, 0.15) is 53.9 Å². The molecular formula is C19H30O. The second-order valence-electron chi connectivity index (χ2n) is 6.06. The molecule has 0 aromatic carbocycles. The average Bonchev–Trinajstić information content (AvgIpc) is 2.54. The van der Waals surface area contributed by atoms with Gasteiger partial charge in [0.25, 0.3) is 0 Å². The van der Waals surface area contributed by atoms with Gasteiger partial charge >= 0.3 is 0 Å². The van der Waals surface area contributed by atoms with E-state index in [-0.39, 0.29) is 5.41 Å². The van der Waals surface area contributed by atoms with Crippen molar-refractivity contribution in [2.45, 2.75) is 53.9 Å². The van der Waals surface area contributed by atoms with E-state index in [1.54, 1.807) is 12.7 Å². The van der Waals surface area contributed by atoms with Crippen molar-refractivity contribution in [2.75, 3.05) is 7.11 Å². The smallest absolute Gasteiger partial charge is 0.0996 e. The largest absolute Gasteiger partial charge is 0.501 e. The van der Waals surface area contributed by atoms with Gasteiger partial charge < -0.3 is 4.74 Å². The maximum absolute atomic E-state index is 5.53. The molecule has 0 heterocycles. The zero-order valence-corrected chi connectivity index (χ0v) is 14.0. The van der Waals surface area contributed by atoms with E-state index in [1.165, 1.54) is 18.4 Å². The van der Waals surface area contributed by atoms with Gasteiger partial charge in [-0.25, -0.2) is 0 Å². The van der Waals surface area contributed by atoms with Crippen LogP contribution in [0.5, 0.6) is 0 Å². The summed E-state index contributed by atoms with van der Waals surface area (Å²) in [6.07, 6.45) is 14.3. The summed E-state index contributed by atoms with van der Waals surface area (Å²) in [6, 6.07) is 0. The van der Waals surface area contributed by atoms with Crippen LogP contribution >= 0.6 is 0 Å². The van der Waals surface area contributed by atoms with Crippen LogP contribution in [0.15, 0.2) is 47.3 Å². The lowest BCUT2D eigenvalue weighted by atomic mass is 9.69. The van der Waals surface area contributed by atoms with Crippen LogP contribution in [-0.2, 0) is 4.74 Å². The molecule has 112 valence electrons. The number of hydrogen-bond donors (Lipinski definition) is 0. The van der Waals surface area contributed by atoms with E-state index in [0.29, 0.717) is 5.92 Å². The van der Waals surface area contributed by atoms with E-state index in [2.05, 4.69) is 65.0 Å². The first-order chi connectivity index (χ1) is 9.49. The van der Waals surface area contributed by atoms with Crippen molar-refractivity contribution in [1.29, 1.82) is 0 Å². The van der Waals surface area contributed by atoms with Crippen molar-refractivity contribution in [1.82, 2.24) is 0 Å². The zero-order chi connectivity index (χ0) is 15.2. The summed E-state index contributed by atoms with van der Waals surface area (Å²) in [4.78, 5) is 0.